The Kier molecular flexibility index (Phi) is 8.99. The molecule has 7 heteroatoms. The van der Waals surface area contributed by atoms with Crippen LogP contribution in [0.2, 0.25) is 0 Å². The van der Waals surface area contributed by atoms with Crippen LogP contribution in [-0.2, 0) is 15.7 Å². The summed E-state index contributed by atoms with van der Waals surface area (Å²) in [5.41, 5.74) is 3.38. The second-order valence-corrected chi connectivity index (χ2v) is 10.0. The van der Waals surface area contributed by atoms with Gasteiger partial charge in [0.2, 0.25) is 0 Å². The summed E-state index contributed by atoms with van der Waals surface area (Å²) >= 11 is 3.41. The molecule has 1 aliphatic rings. The van der Waals surface area contributed by atoms with Crippen molar-refractivity contribution >= 4 is 38.3 Å². The molecule has 1 atom stereocenters. The Morgan fingerprint density at radius 1 is 1.10 bits per heavy atom. The standard InChI is InChI=1S/C20H24BrN3O2S.C2H6/c1-20(2,3)27(25)23-19(17-5-4-6-18(21)22-17)15-7-9-16(10-8-15)24-11-13-26-14-12-24;1-2/h4-10H,11-14H2,1-3H3;1-2H3/b23-19-;. The number of hydrogen-bond acceptors (Lipinski definition) is 4. The van der Waals surface area contributed by atoms with Crippen molar-refractivity contribution in [3.8, 4) is 0 Å². The number of aromatic nitrogens is 1. The minimum absolute atomic E-state index is 0.439. The Hall–Kier alpha value is -1.57. The van der Waals surface area contributed by atoms with Gasteiger partial charge in [0.1, 0.15) is 21.3 Å². The molecule has 0 aliphatic carbocycles. The summed E-state index contributed by atoms with van der Waals surface area (Å²) in [6.07, 6.45) is 0. The summed E-state index contributed by atoms with van der Waals surface area (Å²) < 4.78 is 22.9. The molecule has 3 rings (SSSR count). The van der Waals surface area contributed by atoms with E-state index in [1.54, 1.807) is 0 Å². The molecule has 1 fully saturated rings. The van der Waals surface area contributed by atoms with Crippen LogP contribution >= 0.6 is 15.9 Å². The molecule has 1 unspecified atom stereocenters. The average molecular weight is 480 g/mol. The lowest BCUT2D eigenvalue weighted by Crippen LogP contribution is -2.36. The van der Waals surface area contributed by atoms with Gasteiger partial charge >= 0.3 is 0 Å². The van der Waals surface area contributed by atoms with Gasteiger partial charge in [0.25, 0.3) is 0 Å². The number of nitrogens with zero attached hydrogens (tertiary/aromatic N) is 3. The van der Waals surface area contributed by atoms with Crippen LogP contribution < -0.4 is 4.90 Å². The van der Waals surface area contributed by atoms with E-state index in [0.29, 0.717) is 11.4 Å². The van der Waals surface area contributed by atoms with Crippen molar-refractivity contribution in [1.82, 2.24) is 4.98 Å². The maximum absolute atomic E-state index is 12.7. The van der Waals surface area contributed by atoms with Gasteiger partial charge in [0, 0.05) is 24.3 Å². The molecule has 158 valence electrons. The molecular formula is C22H30BrN3O2S. The largest absolute Gasteiger partial charge is 0.378 e. The summed E-state index contributed by atoms with van der Waals surface area (Å²) in [6, 6.07) is 13.9. The van der Waals surface area contributed by atoms with Gasteiger partial charge in [-0.1, -0.05) is 32.0 Å². The number of benzene rings is 1. The van der Waals surface area contributed by atoms with Crippen LogP contribution in [0.1, 0.15) is 45.9 Å². The normalized spacial score (nSPS) is 16.1. The van der Waals surface area contributed by atoms with E-state index in [2.05, 4.69) is 42.3 Å². The van der Waals surface area contributed by atoms with Crippen LogP contribution in [0.15, 0.2) is 51.5 Å². The number of anilines is 1. The second kappa shape index (κ2) is 11.0. The first-order valence-corrected chi connectivity index (χ1v) is 11.8. The molecule has 1 saturated heterocycles. The number of morpholine rings is 1. The van der Waals surface area contributed by atoms with E-state index in [0.717, 1.165) is 42.2 Å². The highest BCUT2D eigenvalue weighted by Gasteiger charge is 2.21. The minimum Gasteiger partial charge on any atom is -0.378 e. The summed E-state index contributed by atoms with van der Waals surface area (Å²) in [7, 11) is -1.38. The van der Waals surface area contributed by atoms with E-state index < -0.39 is 15.7 Å². The van der Waals surface area contributed by atoms with E-state index in [1.807, 2.05) is 65.0 Å². The fraction of sp³-hybridized carbons (Fsp3) is 0.455. The average Bonchev–Trinajstić information content (AvgIpc) is 2.73. The van der Waals surface area contributed by atoms with E-state index in [4.69, 9.17) is 4.74 Å². The van der Waals surface area contributed by atoms with Crippen LogP contribution in [0.5, 0.6) is 0 Å². The smallest absolute Gasteiger partial charge is 0.145 e. The van der Waals surface area contributed by atoms with E-state index >= 15 is 0 Å². The fourth-order valence-electron chi connectivity index (χ4n) is 2.66. The first kappa shape index (κ1) is 23.7. The lowest BCUT2D eigenvalue weighted by Gasteiger charge is -2.29. The van der Waals surface area contributed by atoms with Gasteiger partial charge in [-0.05, 0) is 61.0 Å². The topological polar surface area (TPSA) is 54.8 Å². The predicted octanol–water partition coefficient (Wildman–Crippen LogP) is 5.01. The molecule has 29 heavy (non-hydrogen) atoms. The lowest BCUT2D eigenvalue weighted by molar-refractivity contribution is 0.122. The third-order valence-corrected chi connectivity index (χ3v) is 6.01. The van der Waals surface area contributed by atoms with Crippen molar-refractivity contribution in [3.63, 3.8) is 0 Å². The maximum atomic E-state index is 12.7. The zero-order valence-corrected chi connectivity index (χ0v) is 20.2. The number of ether oxygens (including phenoxy) is 1. The molecule has 2 heterocycles. The third-order valence-electron chi connectivity index (χ3n) is 4.17. The van der Waals surface area contributed by atoms with Crippen molar-refractivity contribution < 1.29 is 8.95 Å². The van der Waals surface area contributed by atoms with Gasteiger partial charge in [-0.3, -0.25) is 0 Å². The number of pyridine rings is 1. The van der Waals surface area contributed by atoms with Gasteiger partial charge in [0.15, 0.2) is 0 Å². The maximum Gasteiger partial charge on any atom is 0.145 e. The number of rotatable bonds is 4. The zero-order valence-electron chi connectivity index (χ0n) is 17.8. The first-order chi connectivity index (χ1) is 13.8. The van der Waals surface area contributed by atoms with Gasteiger partial charge in [-0.2, -0.15) is 4.40 Å². The molecule has 0 radical (unpaired) electrons. The summed E-state index contributed by atoms with van der Waals surface area (Å²) in [5.74, 6) is 0. The molecule has 0 bridgehead atoms. The summed E-state index contributed by atoms with van der Waals surface area (Å²) in [6.45, 7) is 13.0. The fourth-order valence-corrected chi connectivity index (χ4v) is 3.64. The van der Waals surface area contributed by atoms with Crippen LogP contribution in [0.25, 0.3) is 0 Å². The molecule has 1 aromatic heterocycles. The van der Waals surface area contributed by atoms with Crippen LogP contribution in [0.3, 0.4) is 0 Å². The molecule has 0 amide bonds. The van der Waals surface area contributed by atoms with Gasteiger partial charge < -0.3 is 9.64 Å². The lowest BCUT2D eigenvalue weighted by atomic mass is 10.1. The first-order valence-electron chi connectivity index (χ1n) is 9.91. The number of hydrogen-bond donors (Lipinski definition) is 0. The summed E-state index contributed by atoms with van der Waals surface area (Å²) in [4.78, 5) is 6.82. The highest BCUT2D eigenvalue weighted by Crippen LogP contribution is 2.21. The van der Waals surface area contributed by atoms with E-state index in [1.165, 1.54) is 0 Å². The monoisotopic (exact) mass is 479 g/mol. The molecule has 0 N–H and O–H groups in total. The number of halogens is 1. The molecule has 0 spiro atoms. The highest BCUT2D eigenvalue weighted by molar-refractivity contribution is 9.10. The predicted molar refractivity (Wildman–Crippen MR) is 126 cm³/mol. The molecule has 1 aromatic carbocycles. The van der Waals surface area contributed by atoms with Crippen molar-refractivity contribution in [2.45, 2.75) is 39.4 Å². The van der Waals surface area contributed by atoms with Crippen molar-refractivity contribution in [2.75, 3.05) is 31.2 Å². The highest BCUT2D eigenvalue weighted by atomic mass is 79.9. The Morgan fingerprint density at radius 2 is 1.72 bits per heavy atom. The molecule has 2 aromatic rings. The second-order valence-electron chi connectivity index (χ2n) is 7.29. The molecular weight excluding hydrogens is 450 g/mol. The Labute approximate surface area is 185 Å². The summed E-state index contributed by atoms with van der Waals surface area (Å²) in [5, 5.41) is 0. The van der Waals surface area contributed by atoms with E-state index in [9.17, 15) is 4.21 Å². The van der Waals surface area contributed by atoms with Crippen molar-refractivity contribution in [1.29, 1.82) is 0 Å². The molecule has 1 aliphatic heterocycles. The van der Waals surface area contributed by atoms with Gasteiger partial charge in [-0.15, -0.1) is 0 Å². The van der Waals surface area contributed by atoms with Crippen LogP contribution in [0, 0.1) is 0 Å². The van der Waals surface area contributed by atoms with Crippen LogP contribution in [-0.4, -0.2) is 46.0 Å². The Balaban J connectivity index is 0.00000145. The van der Waals surface area contributed by atoms with Gasteiger partial charge in [-0.25, -0.2) is 9.19 Å². The van der Waals surface area contributed by atoms with E-state index in [-0.39, 0.29) is 0 Å². The third kappa shape index (κ3) is 6.73. The quantitative estimate of drug-likeness (QED) is 0.456. The minimum atomic E-state index is -1.38. The molecule has 5 nitrogen and oxygen atoms in total. The van der Waals surface area contributed by atoms with Crippen molar-refractivity contribution in [2.24, 2.45) is 4.40 Å². The van der Waals surface area contributed by atoms with Crippen molar-refractivity contribution in [3.05, 3.63) is 58.3 Å². The Bertz CT molecular complexity index is 842. The zero-order chi connectivity index (χ0) is 21.4. The SMILES string of the molecule is CC.CC(C)(C)S(=O)/N=C(/c1ccc(N2CCOCC2)cc1)c1cccc(Br)n1. The van der Waals surface area contributed by atoms with Gasteiger partial charge in [0.05, 0.1) is 23.7 Å². The molecule has 0 saturated carbocycles. The van der Waals surface area contributed by atoms with Crippen LogP contribution in [0.4, 0.5) is 5.69 Å². The Morgan fingerprint density at radius 3 is 2.28 bits per heavy atom.